The van der Waals surface area contributed by atoms with E-state index in [0.717, 1.165) is 43.9 Å². The minimum absolute atomic E-state index is 0.235. The van der Waals surface area contributed by atoms with Gasteiger partial charge in [0.2, 0.25) is 0 Å². The van der Waals surface area contributed by atoms with Crippen molar-refractivity contribution in [1.82, 2.24) is 29.9 Å². The van der Waals surface area contributed by atoms with Crippen molar-refractivity contribution < 1.29 is 0 Å². The number of rotatable bonds is 8. The van der Waals surface area contributed by atoms with E-state index in [1.165, 1.54) is 5.56 Å². The highest BCUT2D eigenvalue weighted by Gasteiger charge is 2.19. The van der Waals surface area contributed by atoms with Crippen LogP contribution in [-0.2, 0) is 20.0 Å². The molecule has 0 amide bonds. The Morgan fingerprint density at radius 3 is 2.71 bits per heavy atom. The first kappa shape index (κ1) is 15.7. The molecule has 21 heavy (non-hydrogen) atoms. The third kappa shape index (κ3) is 3.91. The second kappa shape index (κ2) is 7.36. The Balaban J connectivity index is 2.20. The van der Waals surface area contributed by atoms with E-state index >= 15 is 0 Å². The van der Waals surface area contributed by atoms with Crippen molar-refractivity contribution in [3.63, 3.8) is 0 Å². The molecule has 1 atom stereocenters. The van der Waals surface area contributed by atoms with Crippen molar-refractivity contribution in [2.75, 3.05) is 6.54 Å². The quantitative estimate of drug-likeness (QED) is 0.808. The fourth-order valence-corrected chi connectivity index (χ4v) is 2.60. The number of nitrogens with zero attached hydrogens (tertiary/aromatic N) is 5. The van der Waals surface area contributed by atoms with Gasteiger partial charge in [0.05, 0.1) is 5.69 Å². The van der Waals surface area contributed by atoms with Crippen LogP contribution in [0.15, 0.2) is 12.5 Å². The van der Waals surface area contributed by atoms with Crippen molar-refractivity contribution in [3.8, 4) is 0 Å². The van der Waals surface area contributed by atoms with Gasteiger partial charge in [0.15, 0.2) is 0 Å². The van der Waals surface area contributed by atoms with Crippen LogP contribution in [0.5, 0.6) is 0 Å². The van der Waals surface area contributed by atoms with Crippen molar-refractivity contribution >= 4 is 0 Å². The van der Waals surface area contributed by atoms with Crippen LogP contribution in [-0.4, -0.2) is 31.1 Å². The van der Waals surface area contributed by atoms with Gasteiger partial charge >= 0.3 is 0 Å². The summed E-state index contributed by atoms with van der Waals surface area (Å²) < 4.78 is 3.88. The van der Waals surface area contributed by atoms with Gasteiger partial charge in [-0.05, 0) is 26.3 Å². The van der Waals surface area contributed by atoms with Crippen LogP contribution in [0.25, 0.3) is 0 Å². The SMILES string of the molecule is CCCNC(Cc1ncnn1CCC)c1cn(C)nc1C. The van der Waals surface area contributed by atoms with Gasteiger partial charge in [-0.15, -0.1) is 0 Å². The molecule has 0 radical (unpaired) electrons. The summed E-state index contributed by atoms with van der Waals surface area (Å²) in [7, 11) is 1.97. The molecule has 0 bridgehead atoms. The Bertz CT molecular complexity index is 556. The molecule has 116 valence electrons. The highest BCUT2D eigenvalue weighted by molar-refractivity contribution is 5.21. The van der Waals surface area contributed by atoms with Gasteiger partial charge in [0, 0.05) is 37.8 Å². The average molecular weight is 290 g/mol. The molecule has 2 heterocycles. The molecular weight excluding hydrogens is 264 g/mol. The van der Waals surface area contributed by atoms with E-state index in [1.54, 1.807) is 6.33 Å². The first-order chi connectivity index (χ1) is 10.2. The lowest BCUT2D eigenvalue weighted by Gasteiger charge is -2.18. The number of aryl methyl sites for hydroxylation is 3. The molecule has 0 aliphatic heterocycles. The molecule has 0 aliphatic carbocycles. The Morgan fingerprint density at radius 1 is 1.29 bits per heavy atom. The van der Waals surface area contributed by atoms with Crippen LogP contribution in [0.1, 0.15) is 49.8 Å². The molecule has 1 unspecified atom stereocenters. The highest BCUT2D eigenvalue weighted by atomic mass is 15.3. The standard InChI is InChI=1S/C15H26N6/c1-5-7-16-14(13-10-20(4)19-12(13)3)9-15-17-11-18-21(15)8-6-2/h10-11,14,16H,5-9H2,1-4H3. The normalized spacial score (nSPS) is 12.8. The summed E-state index contributed by atoms with van der Waals surface area (Å²) in [5, 5.41) is 12.4. The Morgan fingerprint density at radius 2 is 2.10 bits per heavy atom. The minimum Gasteiger partial charge on any atom is -0.309 e. The topological polar surface area (TPSA) is 60.6 Å². The zero-order valence-corrected chi connectivity index (χ0v) is 13.5. The van der Waals surface area contributed by atoms with E-state index in [4.69, 9.17) is 0 Å². The lowest BCUT2D eigenvalue weighted by atomic mass is 10.0. The summed E-state index contributed by atoms with van der Waals surface area (Å²) in [6, 6.07) is 0.235. The first-order valence-electron chi connectivity index (χ1n) is 7.75. The van der Waals surface area contributed by atoms with Crippen LogP contribution >= 0.6 is 0 Å². The van der Waals surface area contributed by atoms with Crippen molar-refractivity contribution in [2.45, 2.75) is 52.6 Å². The maximum atomic E-state index is 4.46. The largest absolute Gasteiger partial charge is 0.309 e. The Labute approximate surface area is 126 Å². The van der Waals surface area contributed by atoms with E-state index in [1.807, 2.05) is 16.4 Å². The van der Waals surface area contributed by atoms with Crippen LogP contribution in [0, 0.1) is 6.92 Å². The van der Waals surface area contributed by atoms with E-state index in [9.17, 15) is 0 Å². The van der Waals surface area contributed by atoms with Gasteiger partial charge < -0.3 is 5.32 Å². The maximum Gasteiger partial charge on any atom is 0.138 e. The summed E-state index contributed by atoms with van der Waals surface area (Å²) in [6.07, 6.45) is 6.76. The van der Waals surface area contributed by atoms with E-state index in [2.05, 4.69) is 47.5 Å². The predicted octanol–water partition coefficient (Wildman–Crippen LogP) is 2.01. The molecule has 0 aliphatic rings. The van der Waals surface area contributed by atoms with Gasteiger partial charge in [-0.2, -0.15) is 10.2 Å². The minimum atomic E-state index is 0.235. The Kier molecular flexibility index (Phi) is 5.50. The fraction of sp³-hybridized carbons (Fsp3) is 0.667. The number of hydrogen-bond donors (Lipinski definition) is 1. The average Bonchev–Trinajstić information content (AvgIpc) is 3.02. The predicted molar refractivity (Wildman–Crippen MR) is 83.0 cm³/mol. The molecule has 0 saturated carbocycles. The summed E-state index contributed by atoms with van der Waals surface area (Å²) in [6.45, 7) is 8.30. The molecule has 2 rings (SSSR count). The van der Waals surface area contributed by atoms with Gasteiger partial charge in [0.1, 0.15) is 12.2 Å². The van der Waals surface area contributed by atoms with Gasteiger partial charge in [-0.1, -0.05) is 13.8 Å². The first-order valence-corrected chi connectivity index (χ1v) is 7.75. The van der Waals surface area contributed by atoms with Crippen LogP contribution in [0.3, 0.4) is 0 Å². The molecule has 2 aromatic rings. The molecule has 2 aromatic heterocycles. The third-order valence-electron chi connectivity index (χ3n) is 3.59. The number of aromatic nitrogens is 5. The number of nitrogens with one attached hydrogen (secondary N) is 1. The molecule has 0 saturated heterocycles. The van der Waals surface area contributed by atoms with E-state index in [-0.39, 0.29) is 6.04 Å². The maximum absolute atomic E-state index is 4.46. The van der Waals surface area contributed by atoms with E-state index in [0.29, 0.717) is 0 Å². The molecule has 6 nitrogen and oxygen atoms in total. The lowest BCUT2D eigenvalue weighted by molar-refractivity contribution is 0.487. The zero-order chi connectivity index (χ0) is 15.2. The second-order valence-electron chi connectivity index (χ2n) is 5.45. The van der Waals surface area contributed by atoms with Crippen LogP contribution in [0.2, 0.25) is 0 Å². The second-order valence-corrected chi connectivity index (χ2v) is 5.45. The van der Waals surface area contributed by atoms with Gasteiger partial charge in [-0.3, -0.25) is 9.36 Å². The zero-order valence-electron chi connectivity index (χ0n) is 13.5. The fourth-order valence-electron chi connectivity index (χ4n) is 2.60. The summed E-state index contributed by atoms with van der Waals surface area (Å²) >= 11 is 0. The third-order valence-corrected chi connectivity index (χ3v) is 3.59. The molecule has 1 N–H and O–H groups in total. The molecular formula is C15H26N6. The monoisotopic (exact) mass is 290 g/mol. The van der Waals surface area contributed by atoms with E-state index < -0.39 is 0 Å². The molecule has 0 spiro atoms. The Hall–Kier alpha value is -1.69. The summed E-state index contributed by atoms with van der Waals surface area (Å²) in [5.41, 5.74) is 2.32. The van der Waals surface area contributed by atoms with Gasteiger partial charge in [-0.25, -0.2) is 4.98 Å². The van der Waals surface area contributed by atoms with Crippen molar-refractivity contribution in [2.24, 2.45) is 7.05 Å². The highest BCUT2D eigenvalue weighted by Crippen LogP contribution is 2.20. The summed E-state index contributed by atoms with van der Waals surface area (Å²) in [5.74, 6) is 1.04. The van der Waals surface area contributed by atoms with Crippen LogP contribution < -0.4 is 5.32 Å². The van der Waals surface area contributed by atoms with Crippen molar-refractivity contribution in [3.05, 3.63) is 29.6 Å². The molecule has 6 heteroatoms. The lowest BCUT2D eigenvalue weighted by Crippen LogP contribution is -2.26. The molecule has 0 aromatic carbocycles. The molecule has 0 fully saturated rings. The van der Waals surface area contributed by atoms with Crippen LogP contribution in [0.4, 0.5) is 0 Å². The smallest absolute Gasteiger partial charge is 0.138 e. The summed E-state index contributed by atoms with van der Waals surface area (Å²) in [4.78, 5) is 4.43. The van der Waals surface area contributed by atoms with Crippen molar-refractivity contribution in [1.29, 1.82) is 0 Å². The van der Waals surface area contributed by atoms with Gasteiger partial charge in [0.25, 0.3) is 0 Å². The number of hydrogen-bond acceptors (Lipinski definition) is 4.